The Morgan fingerprint density at radius 1 is 0.880 bits per heavy atom. The summed E-state index contributed by atoms with van der Waals surface area (Å²) < 4.78 is 0. The number of carbonyl (C=O) groups is 1. The number of nitrogens with one attached hydrogen (secondary N) is 1. The molecule has 0 aliphatic carbocycles. The molecule has 0 aliphatic heterocycles. The van der Waals surface area contributed by atoms with Crippen molar-refractivity contribution in [1.29, 1.82) is 0 Å². The van der Waals surface area contributed by atoms with E-state index in [1.54, 1.807) is 30.3 Å². The van der Waals surface area contributed by atoms with Crippen LogP contribution in [0.25, 0.3) is 0 Å². The standard InChI is InChI=1S/C21H22N2OS/c1-23(2)21(24)20(17-12-7-4-8-13-17)22-19(18-14-9-15-25-18)16-10-5-3-6-11-16/h3-15,19-20,22H,1-2H3/t19-,20-/m0/s1. The van der Waals surface area contributed by atoms with Crippen molar-refractivity contribution in [3.05, 3.63) is 94.2 Å². The van der Waals surface area contributed by atoms with Gasteiger partial charge in [-0.05, 0) is 22.6 Å². The molecule has 0 fully saturated rings. The lowest BCUT2D eigenvalue weighted by Gasteiger charge is -2.27. The van der Waals surface area contributed by atoms with E-state index in [1.165, 1.54) is 4.88 Å². The van der Waals surface area contributed by atoms with Crippen LogP contribution in [0, 0.1) is 0 Å². The molecule has 0 bridgehead atoms. The van der Waals surface area contributed by atoms with Crippen LogP contribution in [-0.2, 0) is 4.79 Å². The third-order valence-electron chi connectivity index (χ3n) is 4.11. The van der Waals surface area contributed by atoms with Crippen molar-refractivity contribution in [3.8, 4) is 0 Å². The van der Waals surface area contributed by atoms with E-state index in [2.05, 4.69) is 28.9 Å². The van der Waals surface area contributed by atoms with Crippen molar-refractivity contribution in [2.75, 3.05) is 14.1 Å². The van der Waals surface area contributed by atoms with Gasteiger partial charge in [0.15, 0.2) is 0 Å². The maximum atomic E-state index is 12.8. The molecule has 0 spiro atoms. The number of likely N-dealkylation sites (N-methyl/N-ethyl adjacent to an activating group) is 1. The van der Waals surface area contributed by atoms with Gasteiger partial charge in [0.25, 0.3) is 0 Å². The van der Waals surface area contributed by atoms with E-state index in [1.807, 2.05) is 54.6 Å². The zero-order chi connectivity index (χ0) is 17.6. The van der Waals surface area contributed by atoms with Crippen LogP contribution in [0.5, 0.6) is 0 Å². The molecule has 2 aromatic carbocycles. The molecule has 128 valence electrons. The molecule has 1 heterocycles. The summed E-state index contributed by atoms with van der Waals surface area (Å²) in [6.07, 6.45) is 0. The van der Waals surface area contributed by atoms with E-state index >= 15 is 0 Å². The lowest BCUT2D eigenvalue weighted by molar-refractivity contribution is -0.131. The molecule has 1 N–H and O–H groups in total. The maximum Gasteiger partial charge on any atom is 0.243 e. The van der Waals surface area contributed by atoms with Crippen LogP contribution in [0.2, 0.25) is 0 Å². The van der Waals surface area contributed by atoms with Gasteiger partial charge < -0.3 is 4.90 Å². The Hall–Kier alpha value is -2.43. The van der Waals surface area contributed by atoms with E-state index in [0.29, 0.717) is 0 Å². The van der Waals surface area contributed by atoms with Crippen LogP contribution >= 0.6 is 11.3 Å². The van der Waals surface area contributed by atoms with Crippen molar-refractivity contribution in [2.24, 2.45) is 0 Å². The first-order valence-electron chi connectivity index (χ1n) is 8.27. The van der Waals surface area contributed by atoms with Gasteiger partial charge in [-0.1, -0.05) is 66.7 Å². The zero-order valence-corrected chi connectivity index (χ0v) is 15.2. The first kappa shape index (κ1) is 17.4. The monoisotopic (exact) mass is 350 g/mol. The average molecular weight is 350 g/mol. The first-order valence-corrected chi connectivity index (χ1v) is 9.15. The van der Waals surface area contributed by atoms with E-state index in [-0.39, 0.29) is 11.9 Å². The van der Waals surface area contributed by atoms with Gasteiger partial charge in [-0.3, -0.25) is 10.1 Å². The lowest BCUT2D eigenvalue weighted by Crippen LogP contribution is -2.38. The number of nitrogens with zero attached hydrogens (tertiary/aromatic N) is 1. The fourth-order valence-electron chi connectivity index (χ4n) is 2.82. The van der Waals surface area contributed by atoms with Gasteiger partial charge in [0.05, 0.1) is 6.04 Å². The Morgan fingerprint density at radius 3 is 2.00 bits per heavy atom. The van der Waals surface area contributed by atoms with Crippen molar-refractivity contribution < 1.29 is 4.79 Å². The second-order valence-corrected chi connectivity index (χ2v) is 7.08. The van der Waals surface area contributed by atoms with Crippen molar-refractivity contribution in [2.45, 2.75) is 12.1 Å². The van der Waals surface area contributed by atoms with Gasteiger partial charge in [-0.15, -0.1) is 11.3 Å². The van der Waals surface area contributed by atoms with Crippen molar-refractivity contribution in [1.82, 2.24) is 10.2 Å². The third-order valence-corrected chi connectivity index (χ3v) is 5.05. The third kappa shape index (κ3) is 4.16. The summed E-state index contributed by atoms with van der Waals surface area (Å²) in [7, 11) is 3.59. The van der Waals surface area contributed by atoms with E-state index in [0.717, 1.165) is 11.1 Å². The van der Waals surface area contributed by atoms with Gasteiger partial charge in [0.2, 0.25) is 5.91 Å². The summed E-state index contributed by atoms with van der Waals surface area (Å²) in [6, 6.07) is 23.9. The van der Waals surface area contributed by atoms with Gasteiger partial charge in [-0.2, -0.15) is 0 Å². The topological polar surface area (TPSA) is 32.3 Å². The molecule has 2 atom stereocenters. The minimum atomic E-state index is -0.400. The van der Waals surface area contributed by atoms with Gasteiger partial charge in [0.1, 0.15) is 6.04 Å². The van der Waals surface area contributed by atoms with E-state index < -0.39 is 6.04 Å². The highest BCUT2D eigenvalue weighted by Gasteiger charge is 2.27. The Balaban J connectivity index is 1.98. The predicted molar refractivity (Wildman–Crippen MR) is 104 cm³/mol. The van der Waals surface area contributed by atoms with Crippen LogP contribution in [0.3, 0.4) is 0 Å². The Morgan fingerprint density at radius 2 is 1.48 bits per heavy atom. The molecule has 0 aliphatic rings. The molecule has 25 heavy (non-hydrogen) atoms. The molecule has 3 aromatic rings. The van der Waals surface area contributed by atoms with Crippen LogP contribution in [0.15, 0.2) is 78.2 Å². The number of hydrogen-bond donors (Lipinski definition) is 1. The number of benzene rings is 2. The Kier molecular flexibility index (Phi) is 5.64. The van der Waals surface area contributed by atoms with Crippen LogP contribution in [-0.4, -0.2) is 24.9 Å². The highest BCUT2D eigenvalue weighted by Crippen LogP contribution is 2.29. The molecule has 4 heteroatoms. The van der Waals surface area contributed by atoms with Crippen molar-refractivity contribution in [3.63, 3.8) is 0 Å². The molecule has 0 saturated heterocycles. The highest BCUT2D eigenvalue weighted by atomic mass is 32.1. The Labute approximate surface area is 152 Å². The first-order chi connectivity index (χ1) is 12.2. The minimum absolute atomic E-state index is 0.0321. The molecule has 1 amide bonds. The summed E-state index contributed by atoms with van der Waals surface area (Å²) in [6.45, 7) is 0. The number of thiophene rings is 1. The van der Waals surface area contributed by atoms with E-state index in [4.69, 9.17) is 0 Å². The molecule has 0 radical (unpaired) electrons. The largest absolute Gasteiger partial charge is 0.347 e. The molecule has 3 nitrogen and oxygen atoms in total. The molecule has 3 rings (SSSR count). The summed E-state index contributed by atoms with van der Waals surface area (Å²) in [4.78, 5) is 15.7. The second kappa shape index (κ2) is 8.10. The highest BCUT2D eigenvalue weighted by molar-refractivity contribution is 7.10. The number of carbonyl (C=O) groups excluding carboxylic acids is 1. The zero-order valence-electron chi connectivity index (χ0n) is 14.4. The summed E-state index contributed by atoms with van der Waals surface area (Å²) >= 11 is 1.70. The molecular formula is C21H22N2OS. The molecule has 1 aromatic heterocycles. The SMILES string of the molecule is CN(C)C(=O)[C@@H](N[C@@H](c1ccccc1)c1cccs1)c1ccccc1. The van der Waals surface area contributed by atoms with Crippen LogP contribution in [0.1, 0.15) is 28.1 Å². The fourth-order valence-corrected chi connectivity index (χ4v) is 3.64. The van der Waals surface area contributed by atoms with Crippen molar-refractivity contribution >= 4 is 17.2 Å². The van der Waals surface area contributed by atoms with Gasteiger partial charge >= 0.3 is 0 Å². The summed E-state index contributed by atoms with van der Waals surface area (Å²) in [5.41, 5.74) is 2.12. The lowest BCUT2D eigenvalue weighted by atomic mass is 10.0. The number of rotatable bonds is 6. The van der Waals surface area contributed by atoms with Crippen LogP contribution in [0.4, 0.5) is 0 Å². The smallest absolute Gasteiger partial charge is 0.243 e. The molecule has 0 saturated carbocycles. The molecular weight excluding hydrogens is 328 g/mol. The predicted octanol–water partition coefficient (Wildman–Crippen LogP) is 4.26. The summed E-state index contributed by atoms with van der Waals surface area (Å²) in [5.74, 6) is 0.0451. The average Bonchev–Trinajstić information content (AvgIpc) is 3.18. The fraction of sp³-hybridized carbons (Fsp3) is 0.190. The quantitative estimate of drug-likeness (QED) is 0.720. The minimum Gasteiger partial charge on any atom is -0.347 e. The Bertz CT molecular complexity index is 785. The van der Waals surface area contributed by atoms with E-state index in [9.17, 15) is 4.79 Å². The maximum absolute atomic E-state index is 12.8. The normalized spacial score (nSPS) is 13.2. The van der Waals surface area contributed by atoms with Gasteiger partial charge in [0, 0.05) is 19.0 Å². The molecule has 0 unspecified atom stereocenters. The second-order valence-electron chi connectivity index (χ2n) is 6.10. The number of amides is 1. The van der Waals surface area contributed by atoms with Gasteiger partial charge in [-0.25, -0.2) is 0 Å². The number of hydrogen-bond acceptors (Lipinski definition) is 3. The summed E-state index contributed by atoms with van der Waals surface area (Å²) in [5, 5.41) is 5.66. The van der Waals surface area contributed by atoms with Crippen LogP contribution < -0.4 is 5.32 Å².